The van der Waals surface area contributed by atoms with Crippen molar-refractivity contribution >= 4 is 5.97 Å². The van der Waals surface area contributed by atoms with Crippen LogP contribution in [0.4, 0.5) is 0 Å². The average Bonchev–Trinajstić information content (AvgIpc) is 1.88. The first-order valence-corrected chi connectivity index (χ1v) is 3.04. The molecule has 0 saturated heterocycles. The number of carbonyl (C=O) groups is 1. The summed E-state index contributed by atoms with van der Waals surface area (Å²) in [4.78, 5) is 10.4. The van der Waals surface area contributed by atoms with Crippen molar-refractivity contribution < 1.29 is 9.90 Å². The van der Waals surface area contributed by atoms with Crippen molar-refractivity contribution in [2.45, 2.75) is 13.0 Å². The number of allylic oxidation sites excluding steroid dienone is 2. The SMILES string of the molecule is CC1=CC=CNC1C(=O)O. The van der Waals surface area contributed by atoms with Crippen molar-refractivity contribution in [3.8, 4) is 0 Å². The number of nitrogens with one attached hydrogen (secondary N) is 1. The number of carboxylic acids is 1. The molecule has 0 aromatic rings. The Hall–Kier alpha value is -1.25. The summed E-state index contributed by atoms with van der Waals surface area (Å²) in [6.07, 6.45) is 5.20. The summed E-state index contributed by atoms with van der Waals surface area (Å²) in [7, 11) is 0. The molecule has 1 heterocycles. The fourth-order valence-electron chi connectivity index (χ4n) is 0.845. The predicted molar refractivity (Wildman–Crippen MR) is 37.5 cm³/mol. The maximum atomic E-state index is 10.4. The minimum Gasteiger partial charge on any atom is -0.479 e. The van der Waals surface area contributed by atoms with E-state index in [0.29, 0.717) is 0 Å². The van der Waals surface area contributed by atoms with E-state index >= 15 is 0 Å². The fourth-order valence-corrected chi connectivity index (χ4v) is 0.845. The van der Waals surface area contributed by atoms with Crippen LogP contribution in [0.15, 0.2) is 23.9 Å². The van der Waals surface area contributed by atoms with Crippen LogP contribution >= 0.6 is 0 Å². The molecule has 1 rings (SSSR count). The summed E-state index contributed by atoms with van der Waals surface area (Å²) in [5.74, 6) is -0.835. The lowest BCUT2D eigenvalue weighted by Gasteiger charge is -2.15. The van der Waals surface area contributed by atoms with E-state index in [1.807, 2.05) is 0 Å². The lowest BCUT2D eigenvalue weighted by atomic mass is 10.1. The van der Waals surface area contributed by atoms with Crippen LogP contribution in [0.1, 0.15) is 6.92 Å². The van der Waals surface area contributed by atoms with E-state index in [1.54, 1.807) is 25.3 Å². The van der Waals surface area contributed by atoms with Gasteiger partial charge in [0.2, 0.25) is 0 Å². The number of carboxylic acid groups (broad SMARTS) is 1. The third-order valence-electron chi connectivity index (χ3n) is 1.42. The summed E-state index contributed by atoms with van der Waals surface area (Å²) in [5, 5.41) is 11.3. The first kappa shape index (κ1) is 6.86. The molecule has 0 saturated carbocycles. The molecule has 1 unspecified atom stereocenters. The highest BCUT2D eigenvalue weighted by Crippen LogP contribution is 2.05. The molecule has 1 aliphatic rings. The van der Waals surface area contributed by atoms with Crippen LogP contribution in [-0.4, -0.2) is 17.1 Å². The van der Waals surface area contributed by atoms with E-state index in [4.69, 9.17) is 5.11 Å². The third kappa shape index (κ3) is 1.18. The smallest absolute Gasteiger partial charge is 0.330 e. The number of hydrogen-bond donors (Lipinski definition) is 2. The molecule has 3 heteroatoms. The number of dihydropyridines is 1. The van der Waals surface area contributed by atoms with Crippen LogP contribution in [-0.2, 0) is 4.79 Å². The Morgan fingerprint density at radius 1 is 1.80 bits per heavy atom. The predicted octanol–water partition coefficient (Wildman–Crippen LogP) is 0.503. The largest absolute Gasteiger partial charge is 0.479 e. The van der Waals surface area contributed by atoms with Gasteiger partial charge in [-0.15, -0.1) is 0 Å². The van der Waals surface area contributed by atoms with Gasteiger partial charge in [-0.25, -0.2) is 4.79 Å². The average molecular weight is 139 g/mol. The fraction of sp³-hybridized carbons (Fsp3) is 0.286. The minimum atomic E-state index is -0.835. The van der Waals surface area contributed by atoms with Crippen LogP contribution in [0, 0.1) is 0 Å². The zero-order valence-corrected chi connectivity index (χ0v) is 5.66. The van der Waals surface area contributed by atoms with Gasteiger partial charge in [-0.05, 0) is 24.8 Å². The Morgan fingerprint density at radius 3 is 2.90 bits per heavy atom. The summed E-state index contributed by atoms with van der Waals surface area (Å²) in [5.41, 5.74) is 0.829. The number of aliphatic carboxylic acids is 1. The zero-order chi connectivity index (χ0) is 7.56. The van der Waals surface area contributed by atoms with Crippen LogP contribution in [0.2, 0.25) is 0 Å². The molecule has 0 aliphatic carbocycles. The quantitative estimate of drug-likeness (QED) is 0.556. The first-order valence-electron chi connectivity index (χ1n) is 3.04. The molecule has 2 N–H and O–H groups in total. The molecule has 1 atom stereocenters. The van der Waals surface area contributed by atoms with Crippen molar-refractivity contribution in [2.24, 2.45) is 0 Å². The molecule has 0 amide bonds. The van der Waals surface area contributed by atoms with Gasteiger partial charge in [-0.1, -0.05) is 6.08 Å². The van der Waals surface area contributed by atoms with Crippen LogP contribution in [0.3, 0.4) is 0 Å². The molecule has 0 bridgehead atoms. The van der Waals surface area contributed by atoms with Gasteiger partial charge < -0.3 is 10.4 Å². The lowest BCUT2D eigenvalue weighted by Crippen LogP contribution is -2.35. The molecule has 0 spiro atoms. The van der Waals surface area contributed by atoms with Crippen LogP contribution in [0.25, 0.3) is 0 Å². The molecule has 0 aromatic carbocycles. The van der Waals surface area contributed by atoms with Crippen molar-refractivity contribution in [3.63, 3.8) is 0 Å². The molecular formula is C7H9NO2. The highest BCUT2D eigenvalue weighted by molar-refractivity contribution is 5.78. The Balaban J connectivity index is 2.73. The highest BCUT2D eigenvalue weighted by atomic mass is 16.4. The molecule has 1 aliphatic heterocycles. The summed E-state index contributed by atoms with van der Waals surface area (Å²) in [6.45, 7) is 1.79. The number of hydrogen-bond acceptors (Lipinski definition) is 2. The molecule has 10 heavy (non-hydrogen) atoms. The zero-order valence-electron chi connectivity index (χ0n) is 5.66. The Morgan fingerprint density at radius 2 is 2.50 bits per heavy atom. The van der Waals surface area contributed by atoms with Gasteiger partial charge in [0.25, 0.3) is 0 Å². The van der Waals surface area contributed by atoms with E-state index in [1.165, 1.54) is 0 Å². The Bertz CT molecular complexity index is 206. The maximum absolute atomic E-state index is 10.4. The first-order chi connectivity index (χ1) is 4.72. The second kappa shape index (κ2) is 2.56. The topological polar surface area (TPSA) is 49.3 Å². The summed E-state index contributed by atoms with van der Waals surface area (Å²) in [6, 6.07) is -0.537. The molecule has 54 valence electrons. The van der Waals surface area contributed by atoms with Gasteiger partial charge >= 0.3 is 5.97 Å². The van der Waals surface area contributed by atoms with Gasteiger partial charge in [-0.2, -0.15) is 0 Å². The Kier molecular flexibility index (Phi) is 1.76. The van der Waals surface area contributed by atoms with E-state index in [0.717, 1.165) is 5.57 Å². The van der Waals surface area contributed by atoms with E-state index in [9.17, 15) is 4.79 Å². The second-order valence-corrected chi connectivity index (χ2v) is 2.21. The van der Waals surface area contributed by atoms with Crippen molar-refractivity contribution in [1.29, 1.82) is 0 Å². The van der Waals surface area contributed by atoms with E-state index in [2.05, 4.69) is 5.32 Å². The van der Waals surface area contributed by atoms with Crippen molar-refractivity contribution in [2.75, 3.05) is 0 Å². The van der Waals surface area contributed by atoms with Gasteiger partial charge in [0.05, 0.1) is 0 Å². The lowest BCUT2D eigenvalue weighted by molar-refractivity contribution is -0.138. The normalized spacial score (nSPS) is 23.3. The van der Waals surface area contributed by atoms with Crippen LogP contribution in [0.5, 0.6) is 0 Å². The minimum absolute atomic E-state index is 0.537. The van der Waals surface area contributed by atoms with E-state index < -0.39 is 12.0 Å². The van der Waals surface area contributed by atoms with Gasteiger partial charge in [0.1, 0.15) is 6.04 Å². The van der Waals surface area contributed by atoms with Crippen molar-refractivity contribution in [1.82, 2.24) is 5.32 Å². The standard InChI is InChI=1S/C7H9NO2/c1-5-3-2-4-8-6(5)7(9)10/h2-4,6,8H,1H3,(H,9,10). The number of rotatable bonds is 1. The molecule has 0 aromatic heterocycles. The monoisotopic (exact) mass is 139 g/mol. The second-order valence-electron chi connectivity index (χ2n) is 2.21. The highest BCUT2D eigenvalue weighted by Gasteiger charge is 2.17. The van der Waals surface area contributed by atoms with Gasteiger partial charge in [0.15, 0.2) is 0 Å². The molecular weight excluding hydrogens is 130 g/mol. The third-order valence-corrected chi connectivity index (χ3v) is 1.42. The molecule has 0 fully saturated rings. The van der Waals surface area contributed by atoms with Crippen molar-refractivity contribution in [3.05, 3.63) is 23.9 Å². The molecule has 3 nitrogen and oxygen atoms in total. The maximum Gasteiger partial charge on any atom is 0.330 e. The van der Waals surface area contributed by atoms with Gasteiger partial charge in [-0.3, -0.25) is 0 Å². The van der Waals surface area contributed by atoms with Gasteiger partial charge in [0, 0.05) is 0 Å². The Labute approximate surface area is 59.0 Å². The van der Waals surface area contributed by atoms with E-state index in [-0.39, 0.29) is 0 Å². The van der Waals surface area contributed by atoms with Crippen LogP contribution < -0.4 is 5.32 Å². The molecule has 0 radical (unpaired) electrons. The summed E-state index contributed by atoms with van der Waals surface area (Å²) >= 11 is 0. The summed E-state index contributed by atoms with van der Waals surface area (Å²) < 4.78 is 0.